The monoisotopic (exact) mass is 225 g/mol. The van der Waals surface area contributed by atoms with Gasteiger partial charge in [0.15, 0.2) is 0 Å². The summed E-state index contributed by atoms with van der Waals surface area (Å²) in [6, 6.07) is 6.82. The van der Waals surface area contributed by atoms with Crippen LogP contribution in [0.4, 0.5) is 4.39 Å². The van der Waals surface area contributed by atoms with E-state index in [-0.39, 0.29) is 18.0 Å². The van der Waals surface area contributed by atoms with Gasteiger partial charge in [-0.05, 0) is 38.9 Å². The van der Waals surface area contributed by atoms with E-state index in [0.717, 1.165) is 12.1 Å². The third-order valence-corrected chi connectivity index (χ3v) is 3.09. The zero-order chi connectivity index (χ0) is 12.2. The van der Waals surface area contributed by atoms with E-state index in [4.69, 9.17) is 0 Å². The van der Waals surface area contributed by atoms with Gasteiger partial charge in [-0.3, -0.25) is 4.90 Å². The lowest BCUT2D eigenvalue weighted by molar-refractivity contribution is 0.0799. The molecule has 2 nitrogen and oxygen atoms in total. The number of nitrogens with zero attached hydrogens (tertiary/aromatic N) is 1. The molecular weight excluding hydrogens is 205 g/mol. The highest BCUT2D eigenvalue weighted by Crippen LogP contribution is 2.13. The number of likely N-dealkylation sites (N-methyl/N-ethyl adjacent to an activating group) is 1. The number of hydrogen-bond donors (Lipinski definition) is 1. The van der Waals surface area contributed by atoms with Crippen molar-refractivity contribution in [3.05, 3.63) is 35.6 Å². The highest BCUT2D eigenvalue weighted by Gasteiger charge is 2.21. The van der Waals surface area contributed by atoms with E-state index in [1.54, 1.807) is 12.1 Å². The molecule has 0 spiro atoms. The first-order chi connectivity index (χ1) is 7.47. The molecule has 0 aliphatic carbocycles. The molecule has 0 aliphatic heterocycles. The van der Waals surface area contributed by atoms with Gasteiger partial charge in [-0.2, -0.15) is 0 Å². The summed E-state index contributed by atoms with van der Waals surface area (Å²) in [6.07, 6.45) is 0.659. The van der Waals surface area contributed by atoms with Gasteiger partial charge < -0.3 is 5.11 Å². The van der Waals surface area contributed by atoms with E-state index >= 15 is 0 Å². The summed E-state index contributed by atoms with van der Waals surface area (Å²) in [5.41, 5.74) is 0.466. The molecule has 0 atom stereocenters. The minimum Gasteiger partial charge on any atom is -0.394 e. The maximum Gasteiger partial charge on any atom is 0.126 e. The fourth-order valence-corrected chi connectivity index (χ4v) is 1.41. The summed E-state index contributed by atoms with van der Waals surface area (Å²) in [4.78, 5) is 2.04. The zero-order valence-electron chi connectivity index (χ0n) is 10.2. The molecule has 0 saturated carbocycles. The smallest absolute Gasteiger partial charge is 0.126 e. The van der Waals surface area contributed by atoms with Gasteiger partial charge >= 0.3 is 0 Å². The maximum atomic E-state index is 13.4. The van der Waals surface area contributed by atoms with Crippen molar-refractivity contribution in [2.75, 3.05) is 20.2 Å². The lowest BCUT2D eigenvalue weighted by Crippen LogP contribution is -2.45. The minimum atomic E-state index is -0.259. The standard InChI is InChI=1S/C13H20FNO/c1-13(2,10-16)15(3)9-8-11-6-4-5-7-12(11)14/h4-7,16H,8-10H2,1-3H3. The highest BCUT2D eigenvalue weighted by atomic mass is 19.1. The Balaban J connectivity index is 2.56. The van der Waals surface area contributed by atoms with Gasteiger partial charge in [0.2, 0.25) is 0 Å². The average Bonchev–Trinajstić information content (AvgIpc) is 2.27. The molecule has 90 valence electrons. The fourth-order valence-electron chi connectivity index (χ4n) is 1.41. The first-order valence-corrected chi connectivity index (χ1v) is 5.53. The Kier molecular flexibility index (Phi) is 4.44. The average molecular weight is 225 g/mol. The Bertz CT molecular complexity index is 338. The lowest BCUT2D eigenvalue weighted by Gasteiger charge is -2.33. The number of benzene rings is 1. The van der Waals surface area contributed by atoms with Crippen molar-refractivity contribution in [3.63, 3.8) is 0 Å². The summed E-state index contributed by atoms with van der Waals surface area (Å²) in [7, 11) is 1.94. The van der Waals surface area contributed by atoms with E-state index in [1.165, 1.54) is 6.07 Å². The predicted octanol–water partition coefficient (Wildman–Crippen LogP) is 2.07. The SMILES string of the molecule is CN(CCc1ccccc1F)C(C)(C)CO. The van der Waals surface area contributed by atoms with Crippen molar-refractivity contribution in [3.8, 4) is 0 Å². The quantitative estimate of drug-likeness (QED) is 0.829. The Hall–Kier alpha value is -0.930. The second kappa shape index (κ2) is 5.41. The van der Waals surface area contributed by atoms with Crippen molar-refractivity contribution in [1.82, 2.24) is 4.90 Å². The third-order valence-electron chi connectivity index (χ3n) is 3.09. The predicted molar refractivity (Wildman–Crippen MR) is 63.9 cm³/mol. The van der Waals surface area contributed by atoms with Crippen LogP contribution in [0.25, 0.3) is 0 Å². The number of aliphatic hydroxyl groups excluding tert-OH is 1. The maximum absolute atomic E-state index is 13.4. The number of rotatable bonds is 5. The third kappa shape index (κ3) is 3.29. The van der Waals surface area contributed by atoms with Gasteiger partial charge in [-0.15, -0.1) is 0 Å². The molecule has 0 fully saturated rings. The molecule has 16 heavy (non-hydrogen) atoms. The van der Waals surface area contributed by atoms with Gasteiger partial charge in [0, 0.05) is 12.1 Å². The molecule has 0 heterocycles. The van der Waals surface area contributed by atoms with Crippen LogP contribution in [0.1, 0.15) is 19.4 Å². The molecule has 0 unspecified atom stereocenters. The van der Waals surface area contributed by atoms with Crippen LogP contribution in [0.5, 0.6) is 0 Å². The van der Waals surface area contributed by atoms with Gasteiger partial charge in [-0.1, -0.05) is 18.2 Å². The first-order valence-electron chi connectivity index (χ1n) is 5.53. The molecule has 1 aromatic rings. The largest absolute Gasteiger partial charge is 0.394 e. The number of halogens is 1. The minimum absolute atomic E-state index is 0.0980. The van der Waals surface area contributed by atoms with Crippen LogP contribution in [0.2, 0.25) is 0 Å². The van der Waals surface area contributed by atoms with Crippen molar-refractivity contribution in [2.45, 2.75) is 25.8 Å². The molecule has 3 heteroatoms. The fraction of sp³-hybridized carbons (Fsp3) is 0.538. The highest BCUT2D eigenvalue weighted by molar-refractivity contribution is 5.17. The topological polar surface area (TPSA) is 23.5 Å². The van der Waals surface area contributed by atoms with Gasteiger partial charge in [0.05, 0.1) is 6.61 Å². The van der Waals surface area contributed by atoms with Crippen molar-refractivity contribution < 1.29 is 9.50 Å². The first kappa shape index (κ1) is 13.1. The van der Waals surface area contributed by atoms with Crippen molar-refractivity contribution >= 4 is 0 Å². The molecule has 1 N–H and O–H groups in total. The number of hydrogen-bond acceptors (Lipinski definition) is 2. The molecule has 0 aliphatic rings. The van der Waals surface area contributed by atoms with Crippen LogP contribution in [-0.2, 0) is 6.42 Å². The summed E-state index contributed by atoms with van der Waals surface area (Å²) >= 11 is 0. The second-order valence-electron chi connectivity index (χ2n) is 4.73. The number of aliphatic hydroxyl groups is 1. The normalized spacial score (nSPS) is 12.1. The summed E-state index contributed by atoms with van der Waals surface area (Å²) in [5, 5.41) is 9.20. The van der Waals surface area contributed by atoms with E-state index in [2.05, 4.69) is 0 Å². The molecule has 0 saturated heterocycles. The van der Waals surface area contributed by atoms with E-state index in [0.29, 0.717) is 6.42 Å². The van der Waals surface area contributed by atoms with Gasteiger partial charge in [0.25, 0.3) is 0 Å². The molecule has 0 radical (unpaired) electrons. The Labute approximate surface area is 96.7 Å². The summed E-state index contributed by atoms with van der Waals surface area (Å²) in [6.45, 7) is 4.76. The molecular formula is C13H20FNO. The Morgan fingerprint density at radius 1 is 1.31 bits per heavy atom. The second-order valence-corrected chi connectivity index (χ2v) is 4.73. The van der Waals surface area contributed by atoms with Crippen LogP contribution in [-0.4, -0.2) is 35.7 Å². The van der Waals surface area contributed by atoms with Crippen LogP contribution >= 0.6 is 0 Å². The van der Waals surface area contributed by atoms with E-state index in [9.17, 15) is 9.50 Å². The molecule has 0 bridgehead atoms. The Morgan fingerprint density at radius 3 is 2.50 bits per heavy atom. The van der Waals surface area contributed by atoms with Gasteiger partial charge in [-0.25, -0.2) is 4.39 Å². The molecule has 1 aromatic carbocycles. The van der Waals surface area contributed by atoms with Crippen molar-refractivity contribution in [2.24, 2.45) is 0 Å². The van der Waals surface area contributed by atoms with Crippen LogP contribution in [0.15, 0.2) is 24.3 Å². The summed E-state index contributed by atoms with van der Waals surface area (Å²) in [5.74, 6) is -0.155. The van der Waals surface area contributed by atoms with Crippen LogP contribution in [0, 0.1) is 5.82 Å². The summed E-state index contributed by atoms with van der Waals surface area (Å²) < 4.78 is 13.4. The molecule has 0 amide bonds. The van der Waals surface area contributed by atoms with Crippen LogP contribution < -0.4 is 0 Å². The molecule has 1 rings (SSSR count). The van der Waals surface area contributed by atoms with Gasteiger partial charge in [0.1, 0.15) is 5.82 Å². The lowest BCUT2D eigenvalue weighted by atomic mass is 10.0. The van der Waals surface area contributed by atoms with E-state index < -0.39 is 0 Å². The van der Waals surface area contributed by atoms with E-state index in [1.807, 2.05) is 31.9 Å². The van der Waals surface area contributed by atoms with Crippen molar-refractivity contribution in [1.29, 1.82) is 0 Å². The zero-order valence-corrected chi connectivity index (χ0v) is 10.2. The Morgan fingerprint density at radius 2 is 1.94 bits per heavy atom. The van der Waals surface area contributed by atoms with Crippen LogP contribution in [0.3, 0.4) is 0 Å². The molecule has 0 aromatic heterocycles.